The number of amides is 1. The highest BCUT2D eigenvalue weighted by Crippen LogP contribution is 2.20. The fraction of sp³-hybridized carbons (Fsp3) is 0.364. The molecule has 1 rings (SSSR count). The molecule has 1 aromatic rings. The van der Waals surface area contributed by atoms with Crippen LogP contribution < -0.4 is 5.32 Å². The molecule has 0 aromatic heterocycles. The SMILES string of the molecule is CC.Cc1cc(F)ccc1NC(=O)C(F)(F)F. The third-order valence-corrected chi connectivity index (χ3v) is 1.69. The number of halogens is 4. The summed E-state index contributed by atoms with van der Waals surface area (Å²) in [5.74, 6) is -2.64. The molecule has 0 aliphatic rings. The fourth-order valence-electron chi connectivity index (χ4n) is 0.961. The Morgan fingerprint density at radius 1 is 1.24 bits per heavy atom. The van der Waals surface area contributed by atoms with Crippen LogP contribution in [0.1, 0.15) is 19.4 Å². The van der Waals surface area contributed by atoms with Crippen molar-refractivity contribution in [1.82, 2.24) is 0 Å². The van der Waals surface area contributed by atoms with Crippen LogP contribution in [0.15, 0.2) is 18.2 Å². The minimum absolute atomic E-state index is 0.0567. The standard InChI is InChI=1S/C9H7F4NO.C2H6/c1-5-4-6(10)2-3-7(5)14-8(15)9(11,12)13;1-2/h2-4H,1H3,(H,14,15);1-2H3. The molecule has 1 amide bonds. The summed E-state index contributed by atoms with van der Waals surface area (Å²) in [6.45, 7) is 5.40. The first kappa shape index (κ1) is 15.4. The van der Waals surface area contributed by atoms with Crippen LogP contribution in [0.4, 0.5) is 23.2 Å². The molecule has 0 atom stereocenters. The van der Waals surface area contributed by atoms with Gasteiger partial charge in [-0.05, 0) is 30.7 Å². The van der Waals surface area contributed by atoms with E-state index in [1.165, 1.54) is 6.92 Å². The van der Waals surface area contributed by atoms with Gasteiger partial charge >= 0.3 is 12.1 Å². The summed E-state index contributed by atoms with van der Waals surface area (Å²) in [5.41, 5.74) is 0.173. The average Bonchev–Trinajstić information content (AvgIpc) is 2.23. The molecule has 0 radical (unpaired) electrons. The molecule has 0 bridgehead atoms. The largest absolute Gasteiger partial charge is 0.471 e. The number of alkyl halides is 3. The zero-order chi connectivity index (χ0) is 13.6. The molecule has 0 aliphatic carbocycles. The van der Waals surface area contributed by atoms with Gasteiger partial charge < -0.3 is 5.32 Å². The van der Waals surface area contributed by atoms with E-state index in [0.717, 1.165) is 18.2 Å². The van der Waals surface area contributed by atoms with Gasteiger partial charge in [0.15, 0.2) is 0 Å². The Bertz CT molecular complexity index is 388. The first-order valence-corrected chi connectivity index (χ1v) is 4.95. The third-order valence-electron chi connectivity index (χ3n) is 1.69. The number of rotatable bonds is 1. The van der Waals surface area contributed by atoms with Crippen LogP contribution >= 0.6 is 0 Å². The van der Waals surface area contributed by atoms with Gasteiger partial charge in [0.05, 0.1) is 0 Å². The quantitative estimate of drug-likeness (QED) is 0.758. The Balaban J connectivity index is 0.00000121. The second kappa shape index (κ2) is 6.22. The highest BCUT2D eigenvalue weighted by molar-refractivity contribution is 5.95. The van der Waals surface area contributed by atoms with Crippen LogP contribution in [-0.4, -0.2) is 12.1 Å². The molecule has 0 aliphatic heterocycles. The van der Waals surface area contributed by atoms with E-state index in [1.807, 2.05) is 13.8 Å². The van der Waals surface area contributed by atoms with Gasteiger partial charge in [0.1, 0.15) is 5.82 Å². The number of aryl methyl sites for hydroxylation is 1. The zero-order valence-corrected chi connectivity index (χ0v) is 9.65. The van der Waals surface area contributed by atoms with Crippen LogP contribution in [0.3, 0.4) is 0 Å². The van der Waals surface area contributed by atoms with E-state index < -0.39 is 17.9 Å². The lowest BCUT2D eigenvalue weighted by Gasteiger charge is -2.09. The Morgan fingerprint density at radius 3 is 2.18 bits per heavy atom. The minimum Gasteiger partial charge on any atom is -0.318 e. The van der Waals surface area contributed by atoms with Crippen LogP contribution in [0.25, 0.3) is 0 Å². The van der Waals surface area contributed by atoms with E-state index in [4.69, 9.17) is 0 Å². The van der Waals surface area contributed by atoms with Crippen molar-refractivity contribution in [3.8, 4) is 0 Å². The molecule has 0 fully saturated rings. The number of carbonyl (C=O) groups excluding carboxylic acids is 1. The molecular weight excluding hydrogens is 238 g/mol. The van der Waals surface area contributed by atoms with Gasteiger partial charge in [-0.1, -0.05) is 13.8 Å². The summed E-state index contributed by atoms with van der Waals surface area (Å²) in [7, 11) is 0. The Kier molecular flexibility index (Phi) is 5.64. The Morgan fingerprint density at radius 2 is 1.76 bits per heavy atom. The molecule has 1 N–H and O–H groups in total. The van der Waals surface area contributed by atoms with Gasteiger partial charge in [0, 0.05) is 5.69 Å². The first-order valence-electron chi connectivity index (χ1n) is 4.95. The van der Waals surface area contributed by atoms with Gasteiger partial charge in [-0.2, -0.15) is 13.2 Å². The number of benzene rings is 1. The van der Waals surface area contributed by atoms with Crippen molar-refractivity contribution in [3.63, 3.8) is 0 Å². The third kappa shape index (κ3) is 4.84. The minimum atomic E-state index is -4.94. The lowest BCUT2D eigenvalue weighted by Crippen LogP contribution is -2.30. The van der Waals surface area contributed by atoms with Crippen molar-refractivity contribution in [2.75, 3.05) is 5.32 Å². The van der Waals surface area contributed by atoms with Crippen LogP contribution in [0.2, 0.25) is 0 Å². The lowest BCUT2D eigenvalue weighted by molar-refractivity contribution is -0.167. The van der Waals surface area contributed by atoms with Gasteiger partial charge in [0.2, 0.25) is 0 Å². The molecular formula is C11H13F4NO. The van der Waals surface area contributed by atoms with Crippen LogP contribution in [-0.2, 0) is 4.79 Å². The molecule has 0 saturated carbocycles. The molecule has 2 nitrogen and oxygen atoms in total. The number of hydrogen-bond acceptors (Lipinski definition) is 1. The van der Waals surface area contributed by atoms with Crippen molar-refractivity contribution in [2.45, 2.75) is 26.9 Å². The molecule has 0 saturated heterocycles. The molecule has 1 aromatic carbocycles. The van der Waals surface area contributed by atoms with Crippen LogP contribution in [0, 0.1) is 12.7 Å². The van der Waals surface area contributed by atoms with E-state index in [2.05, 4.69) is 0 Å². The van der Waals surface area contributed by atoms with Gasteiger partial charge in [-0.3, -0.25) is 4.79 Å². The summed E-state index contributed by atoms with van der Waals surface area (Å²) in [5, 5.41) is 1.65. The molecule has 0 heterocycles. The van der Waals surface area contributed by atoms with E-state index >= 15 is 0 Å². The normalized spacial score (nSPS) is 10.3. The monoisotopic (exact) mass is 251 g/mol. The summed E-state index contributed by atoms with van der Waals surface area (Å²) in [6.07, 6.45) is -4.94. The second-order valence-electron chi connectivity index (χ2n) is 2.91. The van der Waals surface area contributed by atoms with Crippen molar-refractivity contribution in [2.24, 2.45) is 0 Å². The average molecular weight is 251 g/mol. The number of anilines is 1. The summed E-state index contributed by atoms with van der Waals surface area (Å²) in [6, 6.07) is 3.08. The topological polar surface area (TPSA) is 29.1 Å². The maximum Gasteiger partial charge on any atom is 0.471 e. The Labute approximate surface area is 96.6 Å². The summed E-state index contributed by atoms with van der Waals surface area (Å²) < 4.78 is 48.2. The Hall–Kier alpha value is -1.59. The van der Waals surface area contributed by atoms with Crippen LogP contribution in [0.5, 0.6) is 0 Å². The number of carbonyl (C=O) groups is 1. The smallest absolute Gasteiger partial charge is 0.318 e. The van der Waals surface area contributed by atoms with Crippen molar-refractivity contribution in [1.29, 1.82) is 0 Å². The highest BCUT2D eigenvalue weighted by Gasteiger charge is 2.38. The maximum atomic E-state index is 12.6. The molecule has 0 unspecified atom stereocenters. The molecule has 17 heavy (non-hydrogen) atoms. The fourth-order valence-corrected chi connectivity index (χ4v) is 0.961. The van der Waals surface area contributed by atoms with E-state index in [-0.39, 0.29) is 11.3 Å². The van der Waals surface area contributed by atoms with E-state index in [1.54, 1.807) is 5.32 Å². The molecule has 6 heteroatoms. The zero-order valence-electron chi connectivity index (χ0n) is 9.65. The number of hydrogen-bond donors (Lipinski definition) is 1. The lowest BCUT2D eigenvalue weighted by atomic mass is 10.2. The van der Waals surface area contributed by atoms with E-state index in [0.29, 0.717) is 0 Å². The highest BCUT2D eigenvalue weighted by atomic mass is 19.4. The molecule has 96 valence electrons. The second-order valence-corrected chi connectivity index (χ2v) is 2.91. The van der Waals surface area contributed by atoms with Gasteiger partial charge in [-0.25, -0.2) is 4.39 Å². The molecule has 0 spiro atoms. The predicted octanol–water partition coefficient (Wildman–Crippen LogP) is 3.66. The van der Waals surface area contributed by atoms with Crippen molar-refractivity contribution < 1.29 is 22.4 Å². The first-order chi connectivity index (χ1) is 7.80. The van der Waals surface area contributed by atoms with E-state index in [9.17, 15) is 22.4 Å². The summed E-state index contributed by atoms with van der Waals surface area (Å²) >= 11 is 0. The predicted molar refractivity (Wildman–Crippen MR) is 57.2 cm³/mol. The number of nitrogens with one attached hydrogen (secondary N) is 1. The van der Waals surface area contributed by atoms with Crippen molar-refractivity contribution in [3.05, 3.63) is 29.6 Å². The van der Waals surface area contributed by atoms with Gasteiger partial charge in [0.25, 0.3) is 0 Å². The summed E-state index contributed by atoms with van der Waals surface area (Å²) in [4.78, 5) is 10.5. The van der Waals surface area contributed by atoms with Crippen molar-refractivity contribution >= 4 is 11.6 Å². The maximum absolute atomic E-state index is 12.6. The van der Waals surface area contributed by atoms with Gasteiger partial charge in [-0.15, -0.1) is 0 Å².